The number of rotatable bonds is 6. The zero-order chi connectivity index (χ0) is 19.3. The number of hydrogen-bond acceptors (Lipinski definition) is 4. The van der Waals surface area contributed by atoms with E-state index in [4.69, 9.17) is 4.84 Å². The van der Waals surface area contributed by atoms with Gasteiger partial charge in [0.1, 0.15) is 0 Å². The Balaban J connectivity index is 2.04. The maximum atomic E-state index is 12.8. The second kappa shape index (κ2) is 9.02. The molecular formula is C19H28F3NO3. The predicted octanol–water partition coefficient (Wildman–Crippen LogP) is 4.50. The van der Waals surface area contributed by atoms with E-state index in [-0.39, 0.29) is 54.7 Å². The van der Waals surface area contributed by atoms with E-state index in [1.165, 1.54) is 0 Å². The third kappa shape index (κ3) is 5.09. The topological polar surface area (TPSA) is 55.4 Å². The molecule has 2 saturated carbocycles. The molecule has 0 atom stereocenters. The third-order valence-electron chi connectivity index (χ3n) is 5.50. The van der Waals surface area contributed by atoms with Crippen LogP contribution in [-0.4, -0.2) is 24.3 Å². The lowest BCUT2D eigenvalue weighted by Crippen LogP contribution is -2.36. The number of carbonyl (C=O) groups excluding carboxylic acids is 2. The molecule has 2 aliphatic carbocycles. The highest BCUT2D eigenvalue weighted by atomic mass is 19.4. The summed E-state index contributed by atoms with van der Waals surface area (Å²) >= 11 is 0. The van der Waals surface area contributed by atoms with Gasteiger partial charge in [0.05, 0.1) is 23.8 Å². The van der Waals surface area contributed by atoms with Crippen molar-refractivity contribution < 1.29 is 27.6 Å². The van der Waals surface area contributed by atoms with Gasteiger partial charge in [-0.05, 0) is 50.9 Å². The number of hydroxylamine groups is 1. The van der Waals surface area contributed by atoms with Gasteiger partial charge in [-0.1, -0.05) is 13.3 Å². The minimum atomic E-state index is -4.14. The van der Waals surface area contributed by atoms with Crippen LogP contribution in [-0.2, 0) is 14.4 Å². The summed E-state index contributed by atoms with van der Waals surface area (Å²) in [5, 5.41) is 0. The zero-order valence-electron chi connectivity index (χ0n) is 15.5. The molecule has 4 nitrogen and oxygen atoms in total. The monoisotopic (exact) mass is 375 g/mol. The Morgan fingerprint density at radius 3 is 2.08 bits per heavy atom. The van der Waals surface area contributed by atoms with E-state index in [0.717, 1.165) is 6.42 Å². The lowest BCUT2D eigenvalue weighted by Gasteiger charge is -2.36. The van der Waals surface area contributed by atoms with Crippen LogP contribution in [0, 0.1) is 17.8 Å². The van der Waals surface area contributed by atoms with Gasteiger partial charge in [-0.2, -0.15) is 13.2 Å². The van der Waals surface area contributed by atoms with E-state index in [1.54, 1.807) is 6.92 Å². The number of halogens is 3. The van der Waals surface area contributed by atoms with Gasteiger partial charge in [-0.3, -0.25) is 19.9 Å². The molecule has 0 heterocycles. The molecule has 2 fully saturated rings. The first-order valence-electron chi connectivity index (χ1n) is 9.51. The lowest BCUT2D eigenvalue weighted by atomic mass is 9.69. The number of nitrogens with one attached hydrogen (secondary N) is 1. The highest BCUT2D eigenvalue weighted by molar-refractivity contribution is 6.22. The number of hydrogen-bond donors (Lipinski definition) is 1. The standard InChI is InChI=1S/C19H28F3NO3/c1-3-5-15(23-26-4-2)18-16(24)10-13(11-17(18)25)12-6-8-14(9-7-12)19(20,21)22/h12-14,23H,3-11H2,1-2H3. The molecule has 0 aliphatic heterocycles. The van der Waals surface area contributed by atoms with Gasteiger partial charge in [0, 0.05) is 12.8 Å². The van der Waals surface area contributed by atoms with Crippen LogP contribution in [0.25, 0.3) is 0 Å². The molecule has 0 aromatic heterocycles. The van der Waals surface area contributed by atoms with Crippen LogP contribution < -0.4 is 5.48 Å². The maximum Gasteiger partial charge on any atom is 0.391 e. The second-order valence-corrected chi connectivity index (χ2v) is 7.31. The summed E-state index contributed by atoms with van der Waals surface area (Å²) < 4.78 is 38.4. The molecule has 0 aromatic rings. The summed E-state index contributed by atoms with van der Waals surface area (Å²) in [6, 6.07) is 0. The number of carbonyl (C=O) groups is 2. The Hall–Kier alpha value is -1.37. The Morgan fingerprint density at radius 1 is 1.04 bits per heavy atom. The minimum Gasteiger partial charge on any atom is -0.294 e. The van der Waals surface area contributed by atoms with E-state index in [9.17, 15) is 22.8 Å². The molecule has 0 aromatic carbocycles. The van der Waals surface area contributed by atoms with Crippen LogP contribution in [0.4, 0.5) is 13.2 Å². The molecular weight excluding hydrogens is 347 g/mol. The van der Waals surface area contributed by atoms with Crippen molar-refractivity contribution in [3.8, 4) is 0 Å². The maximum absolute atomic E-state index is 12.8. The molecule has 1 N–H and O–H groups in total. The fraction of sp³-hybridized carbons (Fsp3) is 0.789. The lowest BCUT2D eigenvalue weighted by molar-refractivity contribution is -0.185. The number of ketones is 2. The van der Waals surface area contributed by atoms with E-state index in [1.807, 2.05) is 6.92 Å². The number of allylic oxidation sites excluding steroid dienone is 2. The SMILES string of the molecule is CCCC(NOCC)=C1C(=O)CC(C2CCC(C(F)(F)F)CC2)CC1=O. The first-order valence-corrected chi connectivity index (χ1v) is 9.51. The fourth-order valence-corrected chi connectivity index (χ4v) is 4.13. The number of alkyl halides is 3. The fourth-order valence-electron chi connectivity index (χ4n) is 4.13. The smallest absolute Gasteiger partial charge is 0.294 e. The van der Waals surface area contributed by atoms with E-state index in [0.29, 0.717) is 31.6 Å². The Kier molecular flexibility index (Phi) is 7.26. The summed E-state index contributed by atoms with van der Waals surface area (Å²) in [5.41, 5.74) is 3.46. The average Bonchev–Trinajstić information content (AvgIpc) is 2.58. The van der Waals surface area contributed by atoms with Crippen molar-refractivity contribution in [2.24, 2.45) is 17.8 Å². The molecule has 0 unspecified atom stereocenters. The zero-order valence-corrected chi connectivity index (χ0v) is 15.5. The van der Waals surface area contributed by atoms with E-state index in [2.05, 4.69) is 5.48 Å². The second-order valence-electron chi connectivity index (χ2n) is 7.31. The molecule has 26 heavy (non-hydrogen) atoms. The van der Waals surface area contributed by atoms with Crippen molar-refractivity contribution in [1.82, 2.24) is 5.48 Å². The quantitative estimate of drug-likeness (QED) is 0.422. The molecule has 148 valence electrons. The largest absolute Gasteiger partial charge is 0.391 e. The highest BCUT2D eigenvalue weighted by Crippen LogP contribution is 2.44. The van der Waals surface area contributed by atoms with Crippen molar-refractivity contribution in [3.63, 3.8) is 0 Å². The van der Waals surface area contributed by atoms with Crippen LogP contribution in [0.3, 0.4) is 0 Å². The van der Waals surface area contributed by atoms with E-state index < -0.39 is 12.1 Å². The van der Waals surface area contributed by atoms with E-state index >= 15 is 0 Å². The van der Waals surface area contributed by atoms with Crippen molar-refractivity contribution in [3.05, 3.63) is 11.3 Å². The van der Waals surface area contributed by atoms with Gasteiger partial charge in [-0.15, -0.1) is 0 Å². The average molecular weight is 375 g/mol. The molecule has 0 radical (unpaired) electrons. The molecule has 0 amide bonds. The summed E-state index contributed by atoms with van der Waals surface area (Å²) in [4.78, 5) is 30.4. The summed E-state index contributed by atoms with van der Waals surface area (Å²) in [6.45, 7) is 4.17. The number of Topliss-reactive ketones (excluding diaryl/α,β-unsaturated/α-hetero) is 2. The normalized spacial score (nSPS) is 27.6. The first kappa shape index (κ1) is 20.9. The predicted molar refractivity (Wildman–Crippen MR) is 90.9 cm³/mol. The van der Waals surface area contributed by atoms with Gasteiger partial charge in [0.25, 0.3) is 0 Å². The highest BCUT2D eigenvalue weighted by Gasteiger charge is 2.44. The summed E-state index contributed by atoms with van der Waals surface area (Å²) in [5.74, 6) is -1.77. The molecule has 2 aliphatic rings. The van der Waals surface area contributed by atoms with Crippen molar-refractivity contribution in [1.29, 1.82) is 0 Å². The van der Waals surface area contributed by atoms with Gasteiger partial charge in [0.15, 0.2) is 11.6 Å². The van der Waals surface area contributed by atoms with Crippen molar-refractivity contribution >= 4 is 11.6 Å². The van der Waals surface area contributed by atoms with Crippen LogP contribution in [0.15, 0.2) is 11.3 Å². The Labute approximate surface area is 152 Å². The Bertz CT molecular complexity index is 529. The van der Waals surface area contributed by atoms with Crippen molar-refractivity contribution in [2.75, 3.05) is 6.61 Å². The van der Waals surface area contributed by atoms with Crippen LogP contribution >= 0.6 is 0 Å². The van der Waals surface area contributed by atoms with Crippen LogP contribution in [0.5, 0.6) is 0 Å². The van der Waals surface area contributed by atoms with Crippen LogP contribution in [0.1, 0.15) is 65.2 Å². The molecule has 0 spiro atoms. The Morgan fingerprint density at radius 2 is 1.62 bits per heavy atom. The van der Waals surface area contributed by atoms with Gasteiger partial charge in [-0.25, -0.2) is 0 Å². The molecule has 0 saturated heterocycles. The van der Waals surface area contributed by atoms with Gasteiger partial charge in [0.2, 0.25) is 0 Å². The van der Waals surface area contributed by atoms with Crippen molar-refractivity contribution in [2.45, 2.75) is 71.4 Å². The van der Waals surface area contributed by atoms with Crippen LogP contribution in [0.2, 0.25) is 0 Å². The summed E-state index contributed by atoms with van der Waals surface area (Å²) in [6.07, 6.45) is -1.27. The molecule has 7 heteroatoms. The third-order valence-corrected chi connectivity index (χ3v) is 5.50. The molecule has 0 bridgehead atoms. The van der Waals surface area contributed by atoms with Gasteiger partial charge < -0.3 is 0 Å². The molecule has 2 rings (SSSR count). The first-order chi connectivity index (χ1) is 12.3. The minimum absolute atomic E-state index is 0.0255. The van der Waals surface area contributed by atoms with Gasteiger partial charge >= 0.3 is 6.18 Å². The summed E-state index contributed by atoms with van der Waals surface area (Å²) in [7, 11) is 0.